The van der Waals surface area contributed by atoms with Gasteiger partial charge in [-0.25, -0.2) is 13.1 Å². The van der Waals surface area contributed by atoms with Gasteiger partial charge in [-0.1, -0.05) is 29.3 Å². The van der Waals surface area contributed by atoms with Gasteiger partial charge in [-0.05, 0) is 42.0 Å². The van der Waals surface area contributed by atoms with Crippen LogP contribution in [-0.2, 0) is 16.6 Å². The highest BCUT2D eigenvalue weighted by Gasteiger charge is 2.14. The van der Waals surface area contributed by atoms with Crippen molar-refractivity contribution in [2.75, 3.05) is 0 Å². The van der Waals surface area contributed by atoms with Gasteiger partial charge in [0.1, 0.15) is 0 Å². The van der Waals surface area contributed by atoms with Gasteiger partial charge >= 0.3 is 0 Å². The summed E-state index contributed by atoms with van der Waals surface area (Å²) in [5.41, 5.74) is 1.02. The summed E-state index contributed by atoms with van der Waals surface area (Å²) < 4.78 is 26.7. The maximum atomic E-state index is 12.1. The van der Waals surface area contributed by atoms with Crippen molar-refractivity contribution in [1.29, 1.82) is 5.26 Å². The zero-order chi connectivity index (χ0) is 15.5. The Bertz CT molecular complexity index is 797. The van der Waals surface area contributed by atoms with E-state index in [9.17, 15) is 8.42 Å². The molecule has 2 aromatic carbocycles. The molecule has 1 N–H and O–H groups in total. The summed E-state index contributed by atoms with van der Waals surface area (Å²) in [4.78, 5) is 0.0894. The standard InChI is InChI=1S/C14H10Cl2N2O2S/c15-12-4-3-11(14(16)7-12)9-18-21(19,20)13-5-1-10(8-17)2-6-13/h1-7,18H,9H2. The van der Waals surface area contributed by atoms with Crippen LogP contribution in [0, 0.1) is 11.3 Å². The quantitative estimate of drug-likeness (QED) is 0.927. The predicted molar refractivity (Wildman–Crippen MR) is 81.6 cm³/mol. The van der Waals surface area contributed by atoms with E-state index in [0.717, 1.165) is 0 Å². The van der Waals surface area contributed by atoms with Crippen LogP contribution in [-0.4, -0.2) is 8.42 Å². The van der Waals surface area contributed by atoms with Gasteiger partial charge in [-0.2, -0.15) is 5.26 Å². The average molecular weight is 341 g/mol. The van der Waals surface area contributed by atoms with Gasteiger partial charge in [-0.15, -0.1) is 0 Å². The molecular weight excluding hydrogens is 331 g/mol. The minimum atomic E-state index is -3.66. The Morgan fingerprint density at radius 3 is 2.33 bits per heavy atom. The van der Waals surface area contributed by atoms with Crippen molar-refractivity contribution in [1.82, 2.24) is 4.72 Å². The lowest BCUT2D eigenvalue weighted by Gasteiger charge is -2.08. The van der Waals surface area contributed by atoms with E-state index in [0.29, 0.717) is 21.2 Å². The van der Waals surface area contributed by atoms with Crippen LogP contribution in [0.5, 0.6) is 0 Å². The van der Waals surface area contributed by atoms with Gasteiger partial charge in [-0.3, -0.25) is 0 Å². The molecule has 0 saturated carbocycles. The maximum absolute atomic E-state index is 12.1. The van der Waals surface area contributed by atoms with Crippen molar-refractivity contribution >= 4 is 33.2 Å². The topological polar surface area (TPSA) is 70.0 Å². The monoisotopic (exact) mass is 340 g/mol. The van der Waals surface area contributed by atoms with E-state index in [1.54, 1.807) is 18.2 Å². The second-order valence-electron chi connectivity index (χ2n) is 4.20. The second kappa shape index (κ2) is 6.46. The molecule has 0 bridgehead atoms. The Morgan fingerprint density at radius 1 is 1.10 bits per heavy atom. The first-order chi connectivity index (χ1) is 9.92. The SMILES string of the molecule is N#Cc1ccc(S(=O)(=O)NCc2ccc(Cl)cc2Cl)cc1. The number of sulfonamides is 1. The zero-order valence-corrected chi connectivity index (χ0v) is 13.0. The Hall–Kier alpha value is -1.58. The van der Waals surface area contributed by atoms with Crippen LogP contribution in [0.25, 0.3) is 0 Å². The minimum Gasteiger partial charge on any atom is -0.207 e. The van der Waals surface area contributed by atoms with Gasteiger partial charge in [0.25, 0.3) is 0 Å². The van der Waals surface area contributed by atoms with Gasteiger partial charge in [0.15, 0.2) is 0 Å². The van der Waals surface area contributed by atoms with Crippen LogP contribution in [0.3, 0.4) is 0 Å². The van der Waals surface area contributed by atoms with Crippen LogP contribution in [0.15, 0.2) is 47.4 Å². The minimum absolute atomic E-state index is 0.0539. The van der Waals surface area contributed by atoms with Gasteiger partial charge < -0.3 is 0 Å². The van der Waals surface area contributed by atoms with Crippen molar-refractivity contribution in [3.05, 3.63) is 63.6 Å². The summed E-state index contributed by atoms with van der Waals surface area (Å²) in [5, 5.41) is 9.57. The van der Waals surface area contributed by atoms with E-state index in [2.05, 4.69) is 4.72 Å². The highest BCUT2D eigenvalue weighted by Crippen LogP contribution is 2.21. The molecule has 108 valence electrons. The first-order valence-corrected chi connectivity index (χ1v) is 8.10. The summed E-state index contributed by atoms with van der Waals surface area (Å²) in [7, 11) is -3.66. The number of benzene rings is 2. The fraction of sp³-hybridized carbons (Fsp3) is 0.0714. The number of halogens is 2. The third-order valence-electron chi connectivity index (χ3n) is 2.76. The van der Waals surface area contributed by atoms with Crippen molar-refractivity contribution in [3.8, 4) is 6.07 Å². The van der Waals surface area contributed by atoms with E-state index < -0.39 is 10.0 Å². The largest absolute Gasteiger partial charge is 0.240 e. The lowest BCUT2D eigenvalue weighted by Crippen LogP contribution is -2.23. The molecule has 2 rings (SSSR count). The maximum Gasteiger partial charge on any atom is 0.240 e. The van der Waals surface area contributed by atoms with E-state index in [1.807, 2.05) is 6.07 Å². The molecule has 7 heteroatoms. The number of rotatable bonds is 4. The van der Waals surface area contributed by atoms with Gasteiger partial charge in [0.2, 0.25) is 10.0 Å². The molecule has 0 spiro atoms. The van der Waals surface area contributed by atoms with Crippen LogP contribution in [0.4, 0.5) is 0 Å². The Kier molecular flexibility index (Phi) is 4.86. The first-order valence-electron chi connectivity index (χ1n) is 5.86. The third-order valence-corrected chi connectivity index (χ3v) is 4.77. The van der Waals surface area contributed by atoms with E-state index in [1.165, 1.54) is 24.3 Å². The molecule has 0 aliphatic heterocycles. The average Bonchev–Trinajstić information content (AvgIpc) is 2.46. The van der Waals surface area contributed by atoms with Crippen LogP contribution in [0.2, 0.25) is 10.0 Å². The third kappa shape index (κ3) is 3.96. The normalized spacial score (nSPS) is 11.1. The van der Waals surface area contributed by atoms with Crippen molar-refractivity contribution in [2.45, 2.75) is 11.4 Å². The molecule has 0 aliphatic rings. The molecule has 0 heterocycles. The lowest BCUT2D eigenvalue weighted by atomic mass is 10.2. The summed E-state index contributed by atoms with van der Waals surface area (Å²) in [6.45, 7) is 0.0539. The molecule has 0 aromatic heterocycles. The molecule has 0 amide bonds. The van der Waals surface area contributed by atoms with Crippen LogP contribution >= 0.6 is 23.2 Å². The molecule has 0 aliphatic carbocycles. The lowest BCUT2D eigenvalue weighted by molar-refractivity contribution is 0.581. The zero-order valence-electron chi connectivity index (χ0n) is 10.7. The Labute approximate surface area is 133 Å². The van der Waals surface area contributed by atoms with Crippen molar-refractivity contribution in [3.63, 3.8) is 0 Å². The summed E-state index contributed by atoms with van der Waals surface area (Å²) in [5.74, 6) is 0. The molecular formula is C14H10Cl2N2O2S. The Balaban J connectivity index is 2.15. The molecule has 4 nitrogen and oxygen atoms in total. The van der Waals surface area contributed by atoms with Crippen LogP contribution in [0.1, 0.15) is 11.1 Å². The smallest absolute Gasteiger partial charge is 0.207 e. The molecule has 0 saturated heterocycles. The van der Waals surface area contributed by atoms with Crippen molar-refractivity contribution < 1.29 is 8.42 Å². The summed E-state index contributed by atoms with van der Waals surface area (Å²) >= 11 is 11.8. The molecule has 0 fully saturated rings. The fourth-order valence-corrected chi connectivity index (χ4v) is 3.11. The highest BCUT2D eigenvalue weighted by atomic mass is 35.5. The number of hydrogen-bond acceptors (Lipinski definition) is 3. The number of nitrogens with zero attached hydrogens (tertiary/aromatic N) is 1. The number of nitrogens with one attached hydrogen (secondary N) is 1. The second-order valence-corrected chi connectivity index (χ2v) is 6.81. The van der Waals surface area contributed by atoms with Gasteiger partial charge in [0, 0.05) is 16.6 Å². The van der Waals surface area contributed by atoms with E-state index in [4.69, 9.17) is 28.5 Å². The van der Waals surface area contributed by atoms with Crippen LogP contribution < -0.4 is 4.72 Å². The molecule has 21 heavy (non-hydrogen) atoms. The molecule has 0 atom stereocenters. The Morgan fingerprint density at radius 2 is 1.76 bits per heavy atom. The molecule has 0 radical (unpaired) electrons. The predicted octanol–water partition coefficient (Wildman–Crippen LogP) is 3.34. The van der Waals surface area contributed by atoms with E-state index >= 15 is 0 Å². The first kappa shape index (κ1) is 15.8. The number of hydrogen-bond donors (Lipinski definition) is 1. The molecule has 2 aromatic rings. The summed E-state index contributed by atoms with van der Waals surface area (Å²) in [6.07, 6.45) is 0. The fourth-order valence-electron chi connectivity index (χ4n) is 1.63. The van der Waals surface area contributed by atoms with E-state index in [-0.39, 0.29) is 11.4 Å². The molecule has 0 unspecified atom stereocenters. The van der Waals surface area contributed by atoms with Gasteiger partial charge in [0.05, 0.1) is 16.5 Å². The summed E-state index contributed by atoms with van der Waals surface area (Å²) in [6, 6.07) is 12.4. The van der Waals surface area contributed by atoms with Crippen molar-refractivity contribution in [2.24, 2.45) is 0 Å². The highest BCUT2D eigenvalue weighted by molar-refractivity contribution is 7.89. The number of nitriles is 1.